The Bertz CT molecular complexity index is 320. The first-order valence-corrected chi connectivity index (χ1v) is 5.16. The highest BCUT2D eigenvalue weighted by molar-refractivity contribution is 5.69. The van der Waals surface area contributed by atoms with Gasteiger partial charge in [0, 0.05) is 6.42 Å². The smallest absolute Gasteiger partial charge is 0.306 e. The summed E-state index contributed by atoms with van der Waals surface area (Å²) in [6.07, 6.45) is 2.31. The Morgan fingerprint density at radius 2 is 2.27 bits per heavy atom. The van der Waals surface area contributed by atoms with Crippen LogP contribution in [-0.4, -0.2) is 11.1 Å². The number of phenols is 1. The van der Waals surface area contributed by atoms with E-state index in [0.29, 0.717) is 6.42 Å². The molecule has 0 saturated heterocycles. The SMILES string of the molecule is CCCCC(=O)OCc1cccc(O)c1. The summed E-state index contributed by atoms with van der Waals surface area (Å²) in [4.78, 5) is 11.2. The van der Waals surface area contributed by atoms with Crippen LogP contribution in [0, 0.1) is 0 Å². The van der Waals surface area contributed by atoms with Crippen LogP contribution < -0.4 is 0 Å². The maximum Gasteiger partial charge on any atom is 0.306 e. The number of hydrogen-bond donors (Lipinski definition) is 1. The molecule has 0 amide bonds. The van der Waals surface area contributed by atoms with E-state index in [-0.39, 0.29) is 18.3 Å². The molecule has 0 aliphatic heterocycles. The third kappa shape index (κ3) is 4.49. The van der Waals surface area contributed by atoms with Crippen molar-refractivity contribution in [3.05, 3.63) is 29.8 Å². The van der Waals surface area contributed by atoms with Crippen molar-refractivity contribution in [1.29, 1.82) is 0 Å². The number of unbranched alkanes of at least 4 members (excludes halogenated alkanes) is 1. The van der Waals surface area contributed by atoms with Crippen LogP contribution in [0.4, 0.5) is 0 Å². The fourth-order valence-corrected chi connectivity index (χ4v) is 1.20. The summed E-state index contributed by atoms with van der Waals surface area (Å²) < 4.78 is 5.04. The van der Waals surface area contributed by atoms with Gasteiger partial charge in [0.2, 0.25) is 0 Å². The Kier molecular flexibility index (Phi) is 4.68. The molecule has 0 heterocycles. The standard InChI is InChI=1S/C12H16O3/c1-2-3-7-12(14)15-9-10-5-4-6-11(13)8-10/h4-6,8,13H,2-3,7,9H2,1H3. The lowest BCUT2D eigenvalue weighted by atomic mass is 10.2. The molecule has 1 aromatic carbocycles. The van der Waals surface area contributed by atoms with E-state index in [9.17, 15) is 9.90 Å². The van der Waals surface area contributed by atoms with Crippen LogP contribution >= 0.6 is 0 Å². The lowest BCUT2D eigenvalue weighted by molar-refractivity contribution is -0.145. The summed E-state index contributed by atoms with van der Waals surface area (Å²) in [6, 6.07) is 6.72. The first-order chi connectivity index (χ1) is 7.22. The molecule has 3 nitrogen and oxygen atoms in total. The average molecular weight is 208 g/mol. The molecule has 82 valence electrons. The van der Waals surface area contributed by atoms with Crippen molar-refractivity contribution < 1.29 is 14.6 Å². The zero-order valence-corrected chi connectivity index (χ0v) is 8.90. The number of esters is 1. The van der Waals surface area contributed by atoms with E-state index in [1.165, 1.54) is 0 Å². The summed E-state index contributed by atoms with van der Waals surface area (Å²) in [5.74, 6) is 0.0114. The van der Waals surface area contributed by atoms with Crippen LogP contribution in [0.25, 0.3) is 0 Å². The van der Waals surface area contributed by atoms with Gasteiger partial charge in [0.1, 0.15) is 12.4 Å². The van der Waals surface area contributed by atoms with Crippen molar-refractivity contribution in [3.63, 3.8) is 0 Å². The molecular formula is C12H16O3. The number of carbonyl (C=O) groups is 1. The Labute approximate surface area is 89.7 Å². The molecule has 3 heteroatoms. The van der Waals surface area contributed by atoms with E-state index in [4.69, 9.17) is 4.74 Å². The monoisotopic (exact) mass is 208 g/mol. The minimum atomic E-state index is -0.180. The van der Waals surface area contributed by atoms with E-state index < -0.39 is 0 Å². The first-order valence-electron chi connectivity index (χ1n) is 5.16. The van der Waals surface area contributed by atoms with Crippen LogP contribution in [0.15, 0.2) is 24.3 Å². The van der Waals surface area contributed by atoms with Gasteiger partial charge in [-0.3, -0.25) is 4.79 Å². The zero-order chi connectivity index (χ0) is 11.1. The highest BCUT2D eigenvalue weighted by atomic mass is 16.5. The lowest BCUT2D eigenvalue weighted by Crippen LogP contribution is -2.03. The highest BCUT2D eigenvalue weighted by Gasteiger charge is 2.02. The zero-order valence-electron chi connectivity index (χ0n) is 8.90. The number of rotatable bonds is 5. The molecule has 0 saturated carbocycles. The second kappa shape index (κ2) is 6.06. The lowest BCUT2D eigenvalue weighted by Gasteiger charge is -2.04. The maximum absolute atomic E-state index is 11.2. The highest BCUT2D eigenvalue weighted by Crippen LogP contribution is 2.12. The van der Waals surface area contributed by atoms with Crippen molar-refractivity contribution in [2.75, 3.05) is 0 Å². The van der Waals surface area contributed by atoms with Gasteiger partial charge in [-0.25, -0.2) is 0 Å². The van der Waals surface area contributed by atoms with Gasteiger partial charge in [0.25, 0.3) is 0 Å². The molecule has 0 atom stereocenters. The normalized spacial score (nSPS) is 9.93. The van der Waals surface area contributed by atoms with Gasteiger partial charge in [-0.1, -0.05) is 25.5 Å². The minimum absolute atomic E-state index is 0.180. The predicted octanol–water partition coefficient (Wildman–Crippen LogP) is 2.63. The molecule has 1 rings (SSSR count). The molecule has 0 unspecified atom stereocenters. The number of carbonyl (C=O) groups excluding carboxylic acids is 1. The molecule has 0 aliphatic carbocycles. The molecule has 1 aromatic rings. The van der Waals surface area contributed by atoms with E-state index in [2.05, 4.69) is 0 Å². The quantitative estimate of drug-likeness (QED) is 0.756. The second-order valence-corrected chi connectivity index (χ2v) is 3.43. The molecular weight excluding hydrogens is 192 g/mol. The topological polar surface area (TPSA) is 46.5 Å². The van der Waals surface area contributed by atoms with E-state index in [1.807, 2.05) is 13.0 Å². The van der Waals surface area contributed by atoms with E-state index in [1.54, 1.807) is 18.2 Å². The third-order valence-electron chi connectivity index (χ3n) is 2.04. The molecule has 0 aromatic heterocycles. The fraction of sp³-hybridized carbons (Fsp3) is 0.417. The van der Waals surface area contributed by atoms with Crippen molar-refractivity contribution in [3.8, 4) is 5.75 Å². The molecule has 1 N–H and O–H groups in total. The molecule has 0 fully saturated rings. The molecule has 0 aliphatic rings. The van der Waals surface area contributed by atoms with Gasteiger partial charge in [0.15, 0.2) is 0 Å². The van der Waals surface area contributed by atoms with Crippen LogP contribution in [0.5, 0.6) is 5.75 Å². The molecule has 0 spiro atoms. The van der Waals surface area contributed by atoms with Crippen LogP contribution in [0.1, 0.15) is 31.7 Å². The summed E-state index contributed by atoms with van der Waals surface area (Å²) in [5, 5.41) is 9.18. The summed E-state index contributed by atoms with van der Waals surface area (Å²) in [5.41, 5.74) is 0.805. The summed E-state index contributed by atoms with van der Waals surface area (Å²) in [6.45, 7) is 2.26. The van der Waals surface area contributed by atoms with E-state index >= 15 is 0 Å². The first kappa shape index (κ1) is 11.6. The largest absolute Gasteiger partial charge is 0.508 e. The van der Waals surface area contributed by atoms with Crippen LogP contribution in [-0.2, 0) is 16.1 Å². The Morgan fingerprint density at radius 1 is 1.47 bits per heavy atom. The third-order valence-corrected chi connectivity index (χ3v) is 2.04. The molecule has 0 radical (unpaired) electrons. The number of phenolic OH excluding ortho intramolecular Hbond substituents is 1. The molecule has 15 heavy (non-hydrogen) atoms. The summed E-state index contributed by atoms with van der Waals surface area (Å²) in [7, 11) is 0. The Morgan fingerprint density at radius 3 is 2.93 bits per heavy atom. The van der Waals surface area contributed by atoms with Crippen molar-refractivity contribution in [1.82, 2.24) is 0 Å². The Hall–Kier alpha value is -1.51. The minimum Gasteiger partial charge on any atom is -0.508 e. The average Bonchev–Trinajstić information content (AvgIpc) is 2.23. The molecule has 0 bridgehead atoms. The van der Waals surface area contributed by atoms with Crippen molar-refractivity contribution in [2.45, 2.75) is 32.8 Å². The summed E-state index contributed by atoms with van der Waals surface area (Å²) >= 11 is 0. The number of ether oxygens (including phenoxy) is 1. The second-order valence-electron chi connectivity index (χ2n) is 3.43. The number of aromatic hydroxyl groups is 1. The van der Waals surface area contributed by atoms with Gasteiger partial charge < -0.3 is 9.84 Å². The van der Waals surface area contributed by atoms with Crippen LogP contribution in [0.3, 0.4) is 0 Å². The van der Waals surface area contributed by atoms with Crippen molar-refractivity contribution in [2.24, 2.45) is 0 Å². The van der Waals surface area contributed by atoms with E-state index in [0.717, 1.165) is 18.4 Å². The van der Waals surface area contributed by atoms with Crippen LogP contribution in [0.2, 0.25) is 0 Å². The van der Waals surface area contributed by atoms with Gasteiger partial charge in [-0.15, -0.1) is 0 Å². The maximum atomic E-state index is 11.2. The number of benzene rings is 1. The van der Waals surface area contributed by atoms with Gasteiger partial charge in [-0.2, -0.15) is 0 Å². The Balaban J connectivity index is 2.33. The van der Waals surface area contributed by atoms with Crippen molar-refractivity contribution >= 4 is 5.97 Å². The van der Waals surface area contributed by atoms with Gasteiger partial charge >= 0.3 is 5.97 Å². The fourth-order valence-electron chi connectivity index (χ4n) is 1.20. The van der Waals surface area contributed by atoms with Gasteiger partial charge in [0.05, 0.1) is 0 Å². The number of hydrogen-bond acceptors (Lipinski definition) is 3. The predicted molar refractivity (Wildman–Crippen MR) is 57.4 cm³/mol. The van der Waals surface area contributed by atoms with Gasteiger partial charge in [-0.05, 0) is 24.1 Å².